The number of nitrogens with zero attached hydrogens (tertiary/aromatic N) is 3. The predicted octanol–water partition coefficient (Wildman–Crippen LogP) is 1.88. The van der Waals surface area contributed by atoms with Crippen LogP contribution in [0.25, 0.3) is 0 Å². The summed E-state index contributed by atoms with van der Waals surface area (Å²) >= 11 is 5.69. The van der Waals surface area contributed by atoms with Crippen molar-refractivity contribution in [2.24, 2.45) is 5.92 Å². The van der Waals surface area contributed by atoms with Crippen molar-refractivity contribution in [2.45, 2.75) is 12.8 Å². The highest BCUT2D eigenvalue weighted by Gasteiger charge is 2.22. The molecule has 1 N–H and O–H groups in total. The summed E-state index contributed by atoms with van der Waals surface area (Å²) in [4.78, 5) is 17.7. The number of anilines is 1. The van der Waals surface area contributed by atoms with Gasteiger partial charge in [-0.2, -0.15) is 0 Å². The van der Waals surface area contributed by atoms with E-state index in [0.29, 0.717) is 19.1 Å². The maximum absolute atomic E-state index is 10.9. The third kappa shape index (κ3) is 3.05. The van der Waals surface area contributed by atoms with Gasteiger partial charge in [0.2, 0.25) is 11.0 Å². The first-order valence-electron chi connectivity index (χ1n) is 5.65. The van der Waals surface area contributed by atoms with Crippen LogP contribution in [0.1, 0.15) is 12.8 Å². The predicted molar refractivity (Wildman–Crippen MR) is 65.7 cm³/mol. The van der Waals surface area contributed by atoms with Gasteiger partial charge < -0.3 is 10.1 Å². The second-order valence-electron chi connectivity index (χ2n) is 4.08. The van der Waals surface area contributed by atoms with Gasteiger partial charge in [-0.15, -0.1) is 0 Å². The standard InChI is InChI=1S/C10H13ClN4O3/c11-9-8(15(16)17)10(14-6-13-9)12-4-7-2-1-3-18-5-7/h6-7H,1-5H2,(H,12,13,14). The normalized spacial score (nSPS) is 19.5. The van der Waals surface area contributed by atoms with Crippen molar-refractivity contribution in [1.29, 1.82) is 0 Å². The second kappa shape index (κ2) is 5.92. The third-order valence-electron chi connectivity index (χ3n) is 2.77. The van der Waals surface area contributed by atoms with E-state index in [-0.39, 0.29) is 16.7 Å². The zero-order valence-electron chi connectivity index (χ0n) is 9.63. The molecule has 1 aliphatic rings. The lowest BCUT2D eigenvalue weighted by molar-refractivity contribution is -0.384. The quantitative estimate of drug-likeness (QED) is 0.511. The van der Waals surface area contributed by atoms with Crippen LogP contribution in [-0.2, 0) is 4.74 Å². The molecule has 1 unspecified atom stereocenters. The molecular weight excluding hydrogens is 260 g/mol. The number of halogens is 1. The fraction of sp³-hybridized carbons (Fsp3) is 0.600. The molecule has 18 heavy (non-hydrogen) atoms. The van der Waals surface area contributed by atoms with Gasteiger partial charge in [0.25, 0.3) is 0 Å². The summed E-state index contributed by atoms with van der Waals surface area (Å²) in [6.45, 7) is 2.03. The number of nitro groups is 1. The highest BCUT2D eigenvalue weighted by molar-refractivity contribution is 6.31. The van der Waals surface area contributed by atoms with Crippen LogP contribution in [0.5, 0.6) is 0 Å². The van der Waals surface area contributed by atoms with Crippen molar-refractivity contribution in [3.05, 3.63) is 21.6 Å². The van der Waals surface area contributed by atoms with Crippen LogP contribution in [0.3, 0.4) is 0 Å². The summed E-state index contributed by atoms with van der Waals surface area (Å²) in [5.41, 5.74) is -0.282. The smallest absolute Gasteiger partial charge is 0.348 e. The molecule has 0 amide bonds. The van der Waals surface area contributed by atoms with Crippen molar-refractivity contribution in [3.63, 3.8) is 0 Å². The van der Waals surface area contributed by atoms with Gasteiger partial charge in [0, 0.05) is 13.2 Å². The van der Waals surface area contributed by atoms with Crippen LogP contribution in [0.4, 0.5) is 11.5 Å². The van der Waals surface area contributed by atoms with E-state index in [9.17, 15) is 10.1 Å². The van der Waals surface area contributed by atoms with Gasteiger partial charge in [-0.05, 0) is 18.8 Å². The number of nitrogens with one attached hydrogen (secondary N) is 1. The summed E-state index contributed by atoms with van der Waals surface area (Å²) in [6.07, 6.45) is 3.26. The number of rotatable bonds is 4. The lowest BCUT2D eigenvalue weighted by atomic mass is 10.0. The number of hydrogen-bond acceptors (Lipinski definition) is 6. The molecule has 1 atom stereocenters. The van der Waals surface area contributed by atoms with Gasteiger partial charge in [-0.3, -0.25) is 10.1 Å². The fourth-order valence-corrected chi connectivity index (χ4v) is 2.06. The van der Waals surface area contributed by atoms with E-state index in [1.54, 1.807) is 0 Å². The first-order valence-corrected chi connectivity index (χ1v) is 6.02. The molecule has 0 aliphatic carbocycles. The van der Waals surface area contributed by atoms with Gasteiger partial charge in [-0.25, -0.2) is 9.97 Å². The Morgan fingerprint density at radius 2 is 2.44 bits per heavy atom. The first kappa shape index (κ1) is 13.0. The Kier molecular flexibility index (Phi) is 4.27. The number of aromatic nitrogens is 2. The van der Waals surface area contributed by atoms with Crippen molar-refractivity contribution in [2.75, 3.05) is 25.1 Å². The maximum atomic E-state index is 10.9. The van der Waals surface area contributed by atoms with E-state index in [1.165, 1.54) is 6.33 Å². The first-order chi connectivity index (χ1) is 8.68. The molecule has 0 aromatic carbocycles. The molecule has 98 valence electrons. The summed E-state index contributed by atoms with van der Waals surface area (Å²) in [7, 11) is 0. The molecule has 0 spiro atoms. The molecule has 0 saturated carbocycles. The average Bonchev–Trinajstić information content (AvgIpc) is 2.37. The second-order valence-corrected chi connectivity index (χ2v) is 4.44. The van der Waals surface area contributed by atoms with E-state index in [0.717, 1.165) is 19.4 Å². The highest BCUT2D eigenvalue weighted by Crippen LogP contribution is 2.28. The van der Waals surface area contributed by atoms with Gasteiger partial charge >= 0.3 is 5.69 Å². The Labute approximate surface area is 109 Å². The van der Waals surface area contributed by atoms with Crippen LogP contribution in [-0.4, -0.2) is 34.6 Å². The molecule has 7 nitrogen and oxygen atoms in total. The van der Waals surface area contributed by atoms with Crippen molar-refractivity contribution < 1.29 is 9.66 Å². The van der Waals surface area contributed by atoms with E-state index < -0.39 is 4.92 Å². The zero-order chi connectivity index (χ0) is 13.0. The highest BCUT2D eigenvalue weighted by atomic mass is 35.5. The Bertz CT molecular complexity index is 437. The van der Waals surface area contributed by atoms with E-state index >= 15 is 0 Å². The van der Waals surface area contributed by atoms with Crippen molar-refractivity contribution in [1.82, 2.24) is 9.97 Å². The average molecular weight is 273 g/mol. The van der Waals surface area contributed by atoms with Crippen LogP contribution < -0.4 is 5.32 Å². The van der Waals surface area contributed by atoms with E-state index in [1.807, 2.05) is 0 Å². The number of ether oxygens (including phenoxy) is 1. The molecule has 1 fully saturated rings. The Balaban J connectivity index is 2.04. The van der Waals surface area contributed by atoms with Crippen LogP contribution in [0.15, 0.2) is 6.33 Å². The summed E-state index contributed by atoms with van der Waals surface area (Å²) < 4.78 is 5.34. The van der Waals surface area contributed by atoms with Crippen LogP contribution >= 0.6 is 11.6 Å². The van der Waals surface area contributed by atoms with Gasteiger partial charge in [-0.1, -0.05) is 11.6 Å². The molecule has 8 heteroatoms. The Morgan fingerprint density at radius 1 is 1.61 bits per heavy atom. The number of hydrogen-bond donors (Lipinski definition) is 1. The minimum atomic E-state index is -0.581. The molecule has 2 rings (SSSR count). The molecule has 0 radical (unpaired) electrons. The summed E-state index contributed by atoms with van der Waals surface area (Å²) in [5, 5.41) is 13.7. The zero-order valence-corrected chi connectivity index (χ0v) is 10.4. The van der Waals surface area contributed by atoms with Gasteiger partial charge in [0.15, 0.2) is 0 Å². The topological polar surface area (TPSA) is 90.2 Å². The van der Waals surface area contributed by atoms with E-state index in [2.05, 4.69) is 15.3 Å². The molecule has 1 aromatic rings. The SMILES string of the molecule is O=[N+]([O-])c1c(Cl)ncnc1NCC1CCCOC1. The summed E-state index contributed by atoms with van der Waals surface area (Å²) in [5.74, 6) is 0.498. The Morgan fingerprint density at radius 3 is 3.11 bits per heavy atom. The fourth-order valence-electron chi connectivity index (χ4n) is 1.86. The minimum absolute atomic E-state index is 0.155. The molecular formula is C10H13ClN4O3. The van der Waals surface area contributed by atoms with Crippen LogP contribution in [0, 0.1) is 16.0 Å². The van der Waals surface area contributed by atoms with Gasteiger partial charge in [0.05, 0.1) is 11.5 Å². The Hall–Kier alpha value is -1.47. The molecule has 0 bridgehead atoms. The lowest BCUT2D eigenvalue weighted by Gasteiger charge is -2.22. The minimum Gasteiger partial charge on any atom is -0.381 e. The maximum Gasteiger partial charge on any atom is 0.348 e. The molecule has 1 saturated heterocycles. The third-order valence-corrected chi connectivity index (χ3v) is 3.05. The largest absolute Gasteiger partial charge is 0.381 e. The molecule has 1 aliphatic heterocycles. The lowest BCUT2D eigenvalue weighted by Crippen LogP contribution is -2.24. The van der Waals surface area contributed by atoms with Crippen molar-refractivity contribution >= 4 is 23.1 Å². The summed E-state index contributed by atoms with van der Waals surface area (Å²) in [6, 6.07) is 0. The van der Waals surface area contributed by atoms with Crippen molar-refractivity contribution in [3.8, 4) is 0 Å². The molecule has 1 aromatic heterocycles. The molecule has 2 heterocycles. The van der Waals surface area contributed by atoms with E-state index in [4.69, 9.17) is 16.3 Å². The monoisotopic (exact) mass is 272 g/mol. The van der Waals surface area contributed by atoms with Gasteiger partial charge in [0.1, 0.15) is 6.33 Å². The van der Waals surface area contributed by atoms with Crippen LogP contribution in [0.2, 0.25) is 5.15 Å².